The molecule has 1 aromatic heterocycles. The highest BCUT2D eigenvalue weighted by Gasteiger charge is 2.25. The zero-order chi connectivity index (χ0) is 17.9. The van der Waals surface area contributed by atoms with Crippen LogP contribution in [-0.2, 0) is 4.79 Å². The number of amides is 1. The molecular weight excluding hydrogens is 300 g/mol. The summed E-state index contributed by atoms with van der Waals surface area (Å²) in [5.41, 5.74) is 1.52. The molecule has 0 spiro atoms. The Labute approximate surface area is 146 Å². The zero-order valence-electron chi connectivity index (χ0n) is 16.0. The lowest BCUT2D eigenvalue weighted by molar-refractivity contribution is -0.129. The van der Waals surface area contributed by atoms with Crippen LogP contribution in [0.1, 0.15) is 77.1 Å². The summed E-state index contributed by atoms with van der Waals surface area (Å²) in [5, 5.41) is 3.06. The quantitative estimate of drug-likeness (QED) is 0.911. The summed E-state index contributed by atoms with van der Waals surface area (Å²) in [6.07, 6.45) is 8.24. The summed E-state index contributed by atoms with van der Waals surface area (Å²) >= 11 is 0. The number of rotatable bonds is 4. The predicted molar refractivity (Wildman–Crippen MR) is 98.1 cm³/mol. The van der Waals surface area contributed by atoms with Gasteiger partial charge in [-0.25, -0.2) is 9.97 Å². The van der Waals surface area contributed by atoms with E-state index in [0.29, 0.717) is 6.04 Å². The molecule has 1 fully saturated rings. The van der Waals surface area contributed by atoms with Gasteiger partial charge in [0.25, 0.3) is 0 Å². The van der Waals surface area contributed by atoms with Crippen molar-refractivity contribution in [3.63, 3.8) is 0 Å². The Kier molecular flexibility index (Phi) is 5.83. The Morgan fingerprint density at radius 2 is 1.92 bits per heavy atom. The first kappa shape index (κ1) is 18.7. The van der Waals surface area contributed by atoms with Crippen molar-refractivity contribution in [2.75, 3.05) is 11.9 Å². The molecule has 1 aromatic rings. The van der Waals surface area contributed by atoms with E-state index in [0.717, 1.165) is 17.2 Å². The van der Waals surface area contributed by atoms with Crippen LogP contribution in [0.3, 0.4) is 0 Å². The smallest absolute Gasteiger partial charge is 0.225 e. The van der Waals surface area contributed by atoms with Crippen molar-refractivity contribution >= 4 is 11.9 Å². The van der Waals surface area contributed by atoms with Crippen LogP contribution in [0.5, 0.6) is 0 Å². The largest absolute Gasteiger partial charge is 0.349 e. The maximum absolute atomic E-state index is 12.2. The van der Waals surface area contributed by atoms with Crippen LogP contribution in [0.25, 0.3) is 0 Å². The molecule has 5 nitrogen and oxygen atoms in total. The molecule has 1 N–H and O–H groups in total. The van der Waals surface area contributed by atoms with Crippen molar-refractivity contribution in [1.29, 1.82) is 0 Å². The lowest BCUT2D eigenvalue weighted by Gasteiger charge is -2.31. The second-order valence-electron chi connectivity index (χ2n) is 8.06. The number of nitrogens with zero attached hydrogens (tertiary/aromatic N) is 3. The van der Waals surface area contributed by atoms with Gasteiger partial charge in [-0.2, -0.15) is 0 Å². The van der Waals surface area contributed by atoms with Crippen molar-refractivity contribution in [2.24, 2.45) is 5.41 Å². The monoisotopic (exact) mass is 332 g/mol. The highest BCUT2D eigenvalue weighted by atomic mass is 16.2. The van der Waals surface area contributed by atoms with Crippen molar-refractivity contribution in [2.45, 2.75) is 78.8 Å². The third-order valence-electron chi connectivity index (χ3n) is 4.94. The average Bonchev–Trinajstić information content (AvgIpc) is 2.53. The van der Waals surface area contributed by atoms with Gasteiger partial charge in [-0.1, -0.05) is 40.0 Å². The Bertz CT molecular complexity index is 573. The van der Waals surface area contributed by atoms with E-state index in [4.69, 9.17) is 4.98 Å². The number of nitrogens with one attached hydrogen (secondary N) is 1. The predicted octanol–water partition coefficient (Wildman–Crippen LogP) is 3.78. The van der Waals surface area contributed by atoms with Gasteiger partial charge in [0.2, 0.25) is 11.9 Å². The van der Waals surface area contributed by atoms with E-state index in [9.17, 15) is 4.79 Å². The number of carbonyl (C=O) groups excluding carboxylic acids is 1. The normalized spacial score (nSPS) is 17.4. The van der Waals surface area contributed by atoms with E-state index in [1.54, 1.807) is 0 Å². The zero-order valence-corrected chi connectivity index (χ0v) is 16.0. The summed E-state index contributed by atoms with van der Waals surface area (Å²) < 4.78 is 0. The first-order chi connectivity index (χ1) is 11.2. The van der Waals surface area contributed by atoms with Crippen molar-refractivity contribution in [3.8, 4) is 0 Å². The molecule has 0 aliphatic heterocycles. The van der Waals surface area contributed by atoms with Gasteiger partial charge in [0.15, 0.2) is 0 Å². The minimum Gasteiger partial charge on any atom is -0.349 e. The molecular formula is C19H32N4O. The molecule has 0 radical (unpaired) electrons. The molecule has 134 valence electrons. The SMILES string of the molecule is Cc1nc(N(C)C2CCCCC2)ncc1C(C)NC(=O)C(C)(C)C. The van der Waals surface area contributed by atoms with Crippen molar-refractivity contribution in [1.82, 2.24) is 15.3 Å². The van der Waals surface area contributed by atoms with Gasteiger partial charge in [-0.15, -0.1) is 0 Å². The van der Waals surface area contributed by atoms with Crippen LogP contribution < -0.4 is 10.2 Å². The molecule has 0 bridgehead atoms. The molecule has 1 amide bonds. The maximum atomic E-state index is 12.2. The van der Waals surface area contributed by atoms with Crippen LogP contribution in [-0.4, -0.2) is 29.0 Å². The summed E-state index contributed by atoms with van der Waals surface area (Å²) in [7, 11) is 2.09. The first-order valence-electron chi connectivity index (χ1n) is 9.07. The average molecular weight is 332 g/mol. The van der Waals surface area contributed by atoms with Crippen LogP contribution >= 0.6 is 0 Å². The number of hydrogen-bond acceptors (Lipinski definition) is 4. The Hall–Kier alpha value is -1.65. The highest BCUT2D eigenvalue weighted by molar-refractivity contribution is 5.81. The minimum absolute atomic E-state index is 0.0396. The standard InChI is InChI=1S/C19H32N4O/c1-13(21-17(24)19(3,4)5)16-12-20-18(22-14(16)2)23(6)15-10-8-7-9-11-15/h12-13,15H,7-11H2,1-6H3,(H,21,24). The summed E-state index contributed by atoms with van der Waals surface area (Å²) in [4.78, 5) is 23.7. The van der Waals surface area contributed by atoms with Gasteiger partial charge >= 0.3 is 0 Å². The molecule has 0 aromatic carbocycles. The molecule has 2 rings (SSSR count). The summed E-state index contributed by atoms with van der Waals surface area (Å²) in [6, 6.07) is 0.452. The van der Waals surface area contributed by atoms with E-state index in [1.807, 2.05) is 40.8 Å². The molecule has 1 saturated carbocycles. The number of carbonyl (C=O) groups is 1. The fraction of sp³-hybridized carbons (Fsp3) is 0.737. The molecule has 1 aliphatic carbocycles. The van der Waals surface area contributed by atoms with Gasteiger partial charge in [0, 0.05) is 36.0 Å². The Morgan fingerprint density at radius 1 is 1.29 bits per heavy atom. The van der Waals surface area contributed by atoms with Gasteiger partial charge in [-0.3, -0.25) is 4.79 Å². The number of aryl methyl sites for hydroxylation is 1. The molecule has 1 aliphatic rings. The molecule has 1 atom stereocenters. The van der Waals surface area contributed by atoms with Crippen LogP contribution in [0.2, 0.25) is 0 Å². The highest BCUT2D eigenvalue weighted by Crippen LogP contribution is 2.25. The van der Waals surface area contributed by atoms with Crippen LogP contribution in [0, 0.1) is 12.3 Å². The Morgan fingerprint density at radius 3 is 2.46 bits per heavy atom. The molecule has 1 unspecified atom stereocenters. The van der Waals surface area contributed by atoms with E-state index >= 15 is 0 Å². The third kappa shape index (κ3) is 4.46. The summed E-state index contributed by atoms with van der Waals surface area (Å²) in [5.74, 6) is 0.829. The second-order valence-corrected chi connectivity index (χ2v) is 8.06. The van der Waals surface area contributed by atoms with E-state index < -0.39 is 5.41 Å². The molecule has 0 saturated heterocycles. The van der Waals surface area contributed by atoms with Crippen LogP contribution in [0.4, 0.5) is 5.95 Å². The van der Waals surface area contributed by atoms with Gasteiger partial charge < -0.3 is 10.2 Å². The van der Waals surface area contributed by atoms with E-state index in [-0.39, 0.29) is 11.9 Å². The fourth-order valence-corrected chi connectivity index (χ4v) is 3.18. The first-order valence-corrected chi connectivity index (χ1v) is 9.07. The molecule has 5 heteroatoms. The van der Waals surface area contributed by atoms with Gasteiger partial charge in [0.05, 0.1) is 6.04 Å². The van der Waals surface area contributed by atoms with E-state index in [1.165, 1.54) is 32.1 Å². The van der Waals surface area contributed by atoms with E-state index in [2.05, 4.69) is 22.2 Å². The minimum atomic E-state index is -0.399. The number of hydrogen-bond donors (Lipinski definition) is 1. The van der Waals surface area contributed by atoms with Crippen molar-refractivity contribution in [3.05, 3.63) is 17.5 Å². The number of anilines is 1. The third-order valence-corrected chi connectivity index (χ3v) is 4.94. The molecule has 1 heterocycles. The van der Waals surface area contributed by atoms with Gasteiger partial charge in [0.1, 0.15) is 0 Å². The summed E-state index contributed by atoms with van der Waals surface area (Å²) in [6.45, 7) is 9.73. The second kappa shape index (κ2) is 7.49. The molecule has 24 heavy (non-hydrogen) atoms. The van der Waals surface area contributed by atoms with Crippen LogP contribution in [0.15, 0.2) is 6.20 Å². The lowest BCUT2D eigenvalue weighted by atomic mass is 9.94. The number of aromatic nitrogens is 2. The lowest BCUT2D eigenvalue weighted by Crippen LogP contribution is -2.37. The van der Waals surface area contributed by atoms with Crippen molar-refractivity contribution < 1.29 is 4.79 Å². The fourth-order valence-electron chi connectivity index (χ4n) is 3.18. The maximum Gasteiger partial charge on any atom is 0.225 e. The topological polar surface area (TPSA) is 58.1 Å². The van der Waals surface area contributed by atoms with Gasteiger partial charge in [-0.05, 0) is 26.7 Å². The Balaban J connectivity index is 2.10.